The third-order valence-corrected chi connectivity index (χ3v) is 6.24. The summed E-state index contributed by atoms with van der Waals surface area (Å²) >= 11 is 5.94. The second-order valence-electron chi connectivity index (χ2n) is 7.75. The van der Waals surface area contributed by atoms with Gasteiger partial charge < -0.3 is 9.88 Å². The van der Waals surface area contributed by atoms with Crippen LogP contribution in [-0.2, 0) is 11.3 Å². The molecule has 30 heavy (non-hydrogen) atoms. The van der Waals surface area contributed by atoms with Crippen molar-refractivity contribution >= 4 is 39.3 Å². The van der Waals surface area contributed by atoms with Crippen molar-refractivity contribution in [3.05, 3.63) is 78.1 Å². The van der Waals surface area contributed by atoms with Crippen LogP contribution < -0.4 is 0 Å². The average molecular weight is 419 g/mol. The van der Waals surface area contributed by atoms with Crippen LogP contribution in [0.25, 0.3) is 21.8 Å². The van der Waals surface area contributed by atoms with E-state index in [1.165, 1.54) is 16.3 Å². The number of nitrogens with zero attached hydrogens (tertiary/aromatic N) is 3. The first-order valence-electron chi connectivity index (χ1n) is 10.2. The number of fused-ring (bicyclic) bond motifs is 2. The molecule has 1 aliphatic rings. The minimum Gasteiger partial charge on any atom is -0.346 e. The number of nitrogens with one attached hydrogen (secondary N) is 1. The molecule has 1 N–H and O–H groups in total. The van der Waals surface area contributed by atoms with Gasteiger partial charge in [0, 0.05) is 49.5 Å². The quantitative estimate of drug-likeness (QED) is 0.501. The maximum Gasteiger partial charge on any atom is 0.238 e. The molecule has 1 fully saturated rings. The first-order chi connectivity index (χ1) is 14.7. The monoisotopic (exact) mass is 418 g/mol. The van der Waals surface area contributed by atoms with Gasteiger partial charge >= 0.3 is 0 Å². The summed E-state index contributed by atoms with van der Waals surface area (Å²) in [5.74, 6) is -0.0230. The number of piperazine rings is 1. The number of rotatable bonds is 4. The molecule has 3 heterocycles. The number of carbonyl (C=O) groups is 1. The number of amides is 1. The summed E-state index contributed by atoms with van der Waals surface area (Å²) in [6, 6.07) is 18.9. The number of carbonyl (C=O) groups excluding carboxylic acids is 1. The van der Waals surface area contributed by atoms with Gasteiger partial charge in [-0.15, -0.1) is 11.6 Å². The number of halogens is 1. The first-order valence-corrected chi connectivity index (χ1v) is 10.7. The molecule has 0 bridgehead atoms. The maximum atomic E-state index is 12.6. The fourth-order valence-electron chi connectivity index (χ4n) is 4.55. The Morgan fingerprint density at radius 2 is 1.90 bits per heavy atom. The van der Waals surface area contributed by atoms with Gasteiger partial charge in [0.15, 0.2) is 0 Å². The number of alkyl halides is 1. The molecule has 0 aliphatic carbocycles. The molecular formula is C24H23ClN4O. The van der Waals surface area contributed by atoms with E-state index >= 15 is 0 Å². The predicted octanol–water partition coefficient (Wildman–Crippen LogP) is 4.34. The second-order valence-corrected chi connectivity index (χ2v) is 8.02. The van der Waals surface area contributed by atoms with Crippen LogP contribution in [0.5, 0.6) is 0 Å². The molecule has 2 aromatic carbocycles. The van der Waals surface area contributed by atoms with Crippen LogP contribution in [0, 0.1) is 0 Å². The summed E-state index contributed by atoms with van der Waals surface area (Å²) in [5, 5.41) is 3.60. The number of aromatic nitrogens is 2. The lowest BCUT2D eigenvalue weighted by molar-refractivity contribution is -0.133. The number of pyridine rings is 1. The van der Waals surface area contributed by atoms with Gasteiger partial charge in [-0.25, -0.2) is 4.98 Å². The van der Waals surface area contributed by atoms with E-state index in [-0.39, 0.29) is 17.8 Å². The zero-order valence-electron chi connectivity index (χ0n) is 16.6. The highest BCUT2D eigenvalue weighted by Crippen LogP contribution is 2.32. The summed E-state index contributed by atoms with van der Waals surface area (Å²) in [7, 11) is 0. The van der Waals surface area contributed by atoms with E-state index in [2.05, 4.69) is 63.4 Å². The van der Waals surface area contributed by atoms with E-state index in [0.29, 0.717) is 6.54 Å². The normalized spacial score (nSPS) is 17.6. The van der Waals surface area contributed by atoms with Gasteiger partial charge in [0.25, 0.3) is 0 Å². The molecule has 152 valence electrons. The topological polar surface area (TPSA) is 52.2 Å². The van der Waals surface area contributed by atoms with Gasteiger partial charge in [0.2, 0.25) is 5.91 Å². The first kappa shape index (κ1) is 19.1. The van der Waals surface area contributed by atoms with Crippen molar-refractivity contribution < 1.29 is 4.79 Å². The van der Waals surface area contributed by atoms with E-state index in [0.717, 1.165) is 36.2 Å². The Morgan fingerprint density at radius 3 is 2.80 bits per heavy atom. The van der Waals surface area contributed by atoms with Crippen molar-refractivity contribution in [2.75, 3.05) is 25.5 Å². The van der Waals surface area contributed by atoms with Crippen molar-refractivity contribution in [3.8, 4) is 0 Å². The Bertz CT molecular complexity index is 1200. The van der Waals surface area contributed by atoms with E-state index < -0.39 is 0 Å². The summed E-state index contributed by atoms with van der Waals surface area (Å²) < 4.78 is 0. The van der Waals surface area contributed by atoms with Gasteiger partial charge in [-0.05, 0) is 28.5 Å². The van der Waals surface area contributed by atoms with E-state index in [1.807, 2.05) is 17.2 Å². The standard InChI is InChI=1S/C24H23ClN4O/c25-13-23(30)29-12-11-28(15-18-7-3-6-17-5-1-2-8-19(17)18)16-22(29)21-14-27-24-20(21)9-4-10-26-24/h1-10,14,22H,11-13,15-16H2,(H,26,27). The van der Waals surface area contributed by atoms with Crippen LogP contribution in [0.3, 0.4) is 0 Å². The fourth-order valence-corrected chi connectivity index (χ4v) is 4.70. The predicted molar refractivity (Wildman–Crippen MR) is 120 cm³/mol. The SMILES string of the molecule is O=C(CCl)N1CCN(Cc2cccc3ccccc23)CC1c1c[nH]c2ncccc12. The zero-order valence-corrected chi connectivity index (χ0v) is 17.3. The lowest BCUT2D eigenvalue weighted by atomic mass is 10.00. The van der Waals surface area contributed by atoms with Crippen molar-refractivity contribution in [1.82, 2.24) is 19.8 Å². The smallest absolute Gasteiger partial charge is 0.238 e. The Morgan fingerprint density at radius 1 is 1.07 bits per heavy atom. The number of H-pyrrole nitrogens is 1. The average Bonchev–Trinajstić information content (AvgIpc) is 3.23. The maximum absolute atomic E-state index is 12.6. The largest absolute Gasteiger partial charge is 0.346 e. The summed E-state index contributed by atoms with van der Waals surface area (Å²) in [4.78, 5) is 24.6. The minimum absolute atomic E-state index is 0.000425. The van der Waals surface area contributed by atoms with Gasteiger partial charge in [-0.3, -0.25) is 9.69 Å². The molecule has 1 amide bonds. The fraction of sp³-hybridized carbons (Fsp3) is 0.250. The van der Waals surface area contributed by atoms with Crippen molar-refractivity contribution in [1.29, 1.82) is 0 Å². The van der Waals surface area contributed by atoms with Gasteiger partial charge in [-0.2, -0.15) is 0 Å². The molecule has 2 aromatic heterocycles. The van der Waals surface area contributed by atoms with Gasteiger partial charge in [-0.1, -0.05) is 42.5 Å². The lowest BCUT2D eigenvalue weighted by Crippen LogP contribution is -2.50. The molecule has 6 heteroatoms. The third-order valence-electron chi connectivity index (χ3n) is 6.02. The third kappa shape index (κ3) is 3.44. The molecule has 0 radical (unpaired) electrons. The van der Waals surface area contributed by atoms with Crippen LogP contribution in [0.1, 0.15) is 17.2 Å². The molecule has 1 aliphatic heterocycles. The molecule has 5 nitrogen and oxygen atoms in total. The van der Waals surface area contributed by atoms with Crippen LogP contribution in [0.4, 0.5) is 0 Å². The van der Waals surface area contributed by atoms with Crippen LogP contribution in [0.2, 0.25) is 0 Å². The van der Waals surface area contributed by atoms with Gasteiger partial charge in [0.1, 0.15) is 11.5 Å². The molecule has 1 saturated heterocycles. The van der Waals surface area contributed by atoms with Crippen LogP contribution in [0.15, 0.2) is 67.0 Å². The summed E-state index contributed by atoms with van der Waals surface area (Å²) in [6.07, 6.45) is 3.76. The summed E-state index contributed by atoms with van der Waals surface area (Å²) in [6.45, 7) is 3.09. The highest BCUT2D eigenvalue weighted by atomic mass is 35.5. The second kappa shape index (κ2) is 8.09. The molecule has 5 rings (SSSR count). The van der Waals surface area contributed by atoms with Gasteiger partial charge in [0.05, 0.1) is 6.04 Å². The van der Waals surface area contributed by atoms with Crippen LogP contribution in [-0.4, -0.2) is 51.2 Å². The number of aromatic amines is 1. The van der Waals surface area contributed by atoms with Crippen molar-refractivity contribution in [3.63, 3.8) is 0 Å². The molecule has 1 unspecified atom stereocenters. The lowest BCUT2D eigenvalue weighted by Gasteiger charge is -2.41. The highest BCUT2D eigenvalue weighted by Gasteiger charge is 2.32. The summed E-state index contributed by atoms with van der Waals surface area (Å²) in [5.41, 5.74) is 3.25. The Balaban J connectivity index is 1.47. The van der Waals surface area contributed by atoms with E-state index in [9.17, 15) is 4.79 Å². The Hall–Kier alpha value is -2.89. The molecule has 0 saturated carbocycles. The van der Waals surface area contributed by atoms with Crippen LogP contribution >= 0.6 is 11.6 Å². The molecular weight excluding hydrogens is 396 g/mol. The Kier molecular flexibility index (Phi) is 5.15. The van der Waals surface area contributed by atoms with Crippen molar-refractivity contribution in [2.45, 2.75) is 12.6 Å². The van der Waals surface area contributed by atoms with Crippen molar-refractivity contribution in [2.24, 2.45) is 0 Å². The highest BCUT2D eigenvalue weighted by molar-refractivity contribution is 6.27. The van der Waals surface area contributed by atoms with E-state index in [1.54, 1.807) is 6.20 Å². The molecule has 4 aromatic rings. The number of hydrogen-bond acceptors (Lipinski definition) is 3. The zero-order chi connectivity index (χ0) is 20.5. The Labute approximate surface area is 180 Å². The van der Waals surface area contributed by atoms with E-state index in [4.69, 9.17) is 11.6 Å². The number of benzene rings is 2. The molecule has 1 atom stereocenters. The number of hydrogen-bond donors (Lipinski definition) is 1. The minimum atomic E-state index is -0.0575. The molecule has 0 spiro atoms.